The summed E-state index contributed by atoms with van der Waals surface area (Å²) in [6.07, 6.45) is 14.4. The molecule has 0 aliphatic heterocycles. The molecule has 42 heavy (non-hydrogen) atoms. The predicted molar refractivity (Wildman–Crippen MR) is 177 cm³/mol. The Morgan fingerprint density at radius 1 is 0.595 bits per heavy atom. The molecule has 0 unspecified atom stereocenters. The first-order valence-electron chi connectivity index (χ1n) is 16.3. The molecule has 0 saturated heterocycles. The van der Waals surface area contributed by atoms with Crippen molar-refractivity contribution in [3.63, 3.8) is 0 Å². The Kier molecular flexibility index (Phi) is 10.6. The first-order valence-corrected chi connectivity index (χ1v) is 16.3. The lowest BCUT2D eigenvalue weighted by molar-refractivity contribution is -0.136. The van der Waals surface area contributed by atoms with Crippen LogP contribution in [0.2, 0.25) is 0 Å². The van der Waals surface area contributed by atoms with Crippen LogP contribution in [0.15, 0.2) is 84.9 Å². The fourth-order valence-corrected chi connectivity index (χ4v) is 6.63. The fraction of sp³-hybridized carbons (Fsp3) is 0.421. The van der Waals surface area contributed by atoms with Crippen molar-refractivity contribution in [2.24, 2.45) is 0 Å². The van der Waals surface area contributed by atoms with Crippen molar-refractivity contribution in [2.45, 2.75) is 96.4 Å². The Labute approximate surface area is 251 Å². The summed E-state index contributed by atoms with van der Waals surface area (Å²) in [6.45, 7) is 2.77. The lowest BCUT2D eigenvalue weighted by atomic mass is 9.94. The van der Waals surface area contributed by atoms with Crippen LogP contribution in [0.1, 0.15) is 90.4 Å². The van der Waals surface area contributed by atoms with Crippen LogP contribution in [0.4, 0.5) is 11.4 Å². The quantitative estimate of drug-likeness (QED) is 0.143. The summed E-state index contributed by atoms with van der Waals surface area (Å²) >= 11 is 0. The van der Waals surface area contributed by atoms with Gasteiger partial charge in [0.25, 0.3) is 0 Å². The lowest BCUT2D eigenvalue weighted by Gasteiger charge is -2.35. The van der Waals surface area contributed by atoms with Gasteiger partial charge in [-0.2, -0.15) is 0 Å². The van der Waals surface area contributed by atoms with Gasteiger partial charge in [0.15, 0.2) is 0 Å². The van der Waals surface area contributed by atoms with Crippen molar-refractivity contribution >= 4 is 44.7 Å². The van der Waals surface area contributed by atoms with Crippen LogP contribution in [0.25, 0.3) is 21.5 Å². The van der Waals surface area contributed by atoms with E-state index in [1.54, 1.807) is 4.90 Å². The van der Waals surface area contributed by atoms with Gasteiger partial charge in [0.05, 0.1) is 11.4 Å². The van der Waals surface area contributed by atoms with E-state index in [1.807, 2.05) is 53.4 Å². The van der Waals surface area contributed by atoms with Gasteiger partial charge in [-0.05, 0) is 42.2 Å². The maximum absolute atomic E-state index is 14.6. The number of unbranched alkanes of at least 4 members (excludes halogenated alkanes) is 5. The smallest absolute Gasteiger partial charge is 0.304 e. The van der Waals surface area contributed by atoms with E-state index in [-0.39, 0.29) is 6.04 Å². The molecule has 4 nitrogen and oxygen atoms in total. The Morgan fingerprint density at radius 2 is 1.12 bits per heavy atom. The van der Waals surface area contributed by atoms with Crippen molar-refractivity contribution < 1.29 is 9.59 Å². The average molecular weight is 563 g/mol. The van der Waals surface area contributed by atoms with Gasteiger partial charge < -0.3 is 9.80 Å². The number of carbonyl (C=O) groups excluding carboxylic acids is 2. The van der Waals surface area contributed by atoms with Crippen LogP contribution < -0.4 is 9.80 Å². The van der Waals surface area contributed by atoms with Gasteiger partial charge in [-0.25, -0.2) is 0 Å². The highest BCUT2D eigenvalue weighted by atomic mass is 16.2. The third-order valence-corrected chi connectivity index (χ3v) is 8.91. The van der Waals surface area contributed by atoms with Gasteiger partial charge in [-0.3, -0.25) is 9.59 Å². The molecule has 0 radical (unpaired) electrons. The molecule has 2 amide bonds. The number of carbonyl (C=O) groups is 2. The van der Waals surface area contributed by atoms with Gasteiger partial charge in [0.2, 0.25) is 0 Å². The standard InChI is InChI=1S/C38H46N2O2/c1-2-3-4-5-9-16-29-39(35-27-17-21-30-19-12-14-25-33(30)35)37(41)38(42)40(32-23-10-7-6-8-11-24-32)36-28-18-22-31-20-13-15-26-34(31)36/h12-15,17-22,25-28,32H,2-11,16,23-24,29H2,1H3. The van der Waals surface area contributed by atoms with Crippen LogP contribution in [-0.2, 0) is 9.59 Å². The minimum atomic E-state index is -0.421. The molecule has 1 saturated carbocycles. The molecule has 220 valence electrons. The number of nitrogens with zero attached hydrogens (tertiary/aromatic N) is 2. The zero-order chi connectivity index (χ0) is 29.1. The number of hydrogen-bond acceptors (Lipinski definition) is 2. The molecule has 5 rings (SSSR count). The zero-order valence-electron chi connectivity index (χ0n) is 25.3. The summed E-state index contributed by atoms with van der Waals surface area (Å²) < 4.78 is 0. The number of fused-ring (bicyclic) bond motifs is 2. The Balaban J connectivity index is 1.52. The topological polar surface area (TPSA) is 40.6 Å². The van der Waals surface area contributed by atoms with E-state index in [2.05, 4.69) is 43.3 Å². The van der Waals surface area contributed by atoms with E-state index in [0.717, 1.165) is 77.9 Å². The number of anilines is 2. The van der Waals surface area contributed by atoms with E-state index in [4.69, 9.17) is 0 Å². The Hall–Kier alpha value is -3.66. The normalized spacial score (nSPS) is 14.4. The average Bonchev–Trinajstić information content (AvgIpc) is 3.01. The molecule has 1 aliphatic rings. The van der Waals surface area contributed by atoms with Crippen molar-refractivity contribution in [2.75, 3.05) is 16.3 Å². The first-order chi connectivity index (χ1) is 20.7. The first kappa shape index (κ1) is 29.8. The lowest BCUT2D eigenvalue weighted by Crippen LogP contribution is -2.50. The second-order valence-corrected chi connectivity index (χ2v) is 11.9. The molecule has 0 aromatic heterocycles. The summed E-state index contributed by atoms with van der Waals surface area (Å²) in [5, 5.41) is 4.20. The van der Waals surface area contributed by atoms with Crippen LogP contribution in [0, 0.1) is 0 Å². The van der Waals surface area contributed by atoms with Gasteiger partial charge in [-0.1, -0.05) is 144 Å². The second-order valence-electron chi connectivity index (χ2n) is 11.9. The molecule has 0 atom stereocenters. The van der Waals surface area contributed by atoms with E-state index in [1.165, 1.54) is 38.5 Å². The molecule has 0 spiro atoms. The van der Waals surface area contributed by atoms with Crippen LogP contribution in [-0.4, -0.2) is 24.4 Å². The van der Waals surface area contributed by atoms with Gasteiger partial charge in [0.1, 0.15) is 0 Å². The molecule has 4 aromatic carbocycles. The second kappa shape index (κ2) is 15.0. The van der Waals surface area contributed by atoms with Crippen LogP contribution >= 0.6 is 0 Å². The van der Waals surface area contributed by atoms with Crippen LogP contribution in [0.5, 0.6) is 0 Å². The summed E-state index contributed by atoms with van der Waals surface area (Å²) in [6, 6.07) is 28.6. The van der Waals surface area contributed by atoms with Gasteiger partial charge in [-0.15, -0.1) is 0 Å². The van der Waals surface area contributed by atoms with E-state index in [9.17, 15) is 9.59 Å². The maximum atomic E-state index is 14.6. The molecular formula is C38H46N2O2. The predicted octanol–water partition coefficient (Wildman–Crippen LogP) is 9.83. The molecule has 1 aliphatic carbocycles. The van der Waals surface area contributed by atoms with Crippen molar-refractivity contribution in [3.05, 3.63) is 84.9 Å². The number of benzene rings is 4. The summed E-state index contributed by atoms with van der Waals surface area (Å²) in [4.78, 5) is 32.8. The van der Waals surface area contributed by atoms with Gasteiger partial charge >= 0.3 is 11.8 Å². The number of rotatable bonds is 10. The molecule has 0 N–H and O–H groups in total. The highest BCUT2D eigenvalue weighted by molar-refractivity contribution is 6.46. The summed E-state index contributed by atoms with van der Waals surface area (Å²) in [5.41, 5.74) is 1.69. The van der Waals surface area contributed by atoms with Gasteiger partial charge in [0, 0.05) is 23.4 Å². The third-order valence-electron chi connectivity index (χ3n) is 8.91. The van der Waals surface area contributed by atoms with E-state index >= 15 is 0 Å². The molecular weight excluding hydrogens is 516 g/mol. The largest absolute Gasteiger partial charge is 0.317 e. The number of hydrogen-bond donors (Lipinski definition) is 0. The third kappa shape index (κ3) is 7.03. The van der Waals surface area contributed by atoms with E-state index in [0.29, 0.717) is 6.54 Å². The summed E-state index contributed by atoms with van der Waals surface area (Å²) in [5.74, 6) is -0.828. The molecule has 4 aromatic rings. The fourth-order valence-electron chi connectivity index (χ4n) is 6.63. The van der Waals surface area contributed by atoms with Crippen molar-refractivity contribution in [1.29, 1.82) is 0 Å². The molecule has 1 fully saturated rings. The van der Waals surface area contributed by atoms with Crippen molar-refractivity contribution in [3.8, 4) is 0 Å². The van der Waals surface area contributed by atoms with Crippen LogP contribution in [0.3, 0.4) is 0 Å². The maximum Gasteiger partial charge on any atom is 0.317 e. The summed E-state index contributed by atoms with van der Waals surface area (Å²) in [7, 11) is 0. The Morgan fingerprint density at radius 3 is 1.79 bits per heavy atom. The SMILES string of the molecule is CCCCCCCCN(C(=O)C(=O)N(c1cccc2ccccc12)C1CCCCCCC1)c1cccc2ccccc12. The molecule has 0 bridgehead atoms. The van der Waals surface area contributed by atoms with Crippen molar-refractivity contribution in [1.82, 2.24) is 0 Å². The highest BCUT2D eigenvalue weighted by Crippen LogP contribution is 2.34. The van der Waals surface area contributed by atoms with E-state index < -0.39 is 11.8 Å². The minimum Gasteiger partial charge on any atom is -0.304 e. The number of amides is 2. The highest BCUT2D eigenvalue weighted by Gasteiger charge is 2.34. The molecule has 4 heteroatoms. The zero-order valence-corrected chi connectivity index (χ0v) is 25.3. The monoisotopic (exact) mass is 562 g/mol. The molecule has 0 heterocycles. The Bertz CT molecular complexity index is 1460. The minimum absolute atomic E-state index is 0.0102.